The van der Waals surface area contributed by atoms with Gasteiger partial charge in [-0.25, -0.2) is 9.97 Å². The van der Waals surface area contributed by atoms with E-state index in [-0.39, 0.29) is 5.91 Å². The second-order valence-corrected chi connectivity index (χ2v) is 6.96. The van der Waals surface area contributed by atoms with E-state index >= 15 is 0 Å². The van der Waals surface area contributed by atoms with Crippen LogP contribution in [0.25, 0.3) is 22.2 Å². The molecule has 0 saturated heterocycles. The van der Waals surface area contributed by atoms with E-state index in [2.05, 4.69) is 32.2 Å². The number of pyridine rings is 2. The molecule has 0 unspecified atom stereocenters. The van der Waals surface area contributed by atoms with Crippen molar-refractivity contribution in [2.24, 2.45) is 0 Å². The second kappa shape index (κ2) is 6.54. The molecule has 1 aliphatic heterocycles. The zero-order chi connectivity index (χ0) is 19.1. The van der Waals surface area contributed by atoms with E-state index in [1.807, 2.05) is 24.3 Å². The number of rotatable bonds is 3. The van der Waals surface area contributed by atoms with Gasteiger partial charge in [0.2, 0.25) is 0 Å². The molecule has 0 fully saturated rings. The minimum atomic E-state index is -0.177. The highest BCUT2D eigenvalue weighted by atomic mass is 16.3. The Morgan fingerprint density at radius 2 is 1.96 bits per heavy atom. The summed E-state index contributed by atoms with van der Waals surface area (Å²) in [6.07, 6.45) is 6.38. The lowest BCUT2D eigenvalue weighted by Crippen LogP contribution is -2.13. The number of hydrogen-bond acceptors (Lipinski definition) is 6. The SMILES string of the molecule is CN1Cc2ccc(C(=O)Nc3cc4cc(-c5cnco5)cnc4cn3)cc2C1. The number of hydrogen-bond donors (Lipinski definition) is 1. The van der Waals surface area contributed by atoms with Gasteiger partial charge in [-0.3, -0.25) is 14.7 Å². The lowest BCUT2D eigenvalue weighted by Gasteiger charge is -2.07. The van der Waals surface area contributed by atoms with Gasteiger partial charge in [-0.2, -0.15) is 0 Å². The van der Waals surface area contributed by atoms with Gasteiger partial charge < -0.3 is 9.73 Å². The van der Waals surface area contributed by atoms with E-state index < -0.39 is 0 Å². The number of carbonyl (C=O) groups is 1. The summed E-state index contributed by atoms with van der Waals surface area (Å²) in [5, 5.41) is 3.74. The Morgan fingerprint density at radius 3 is 2.82 bits per heavy atom. The fourth-order valence-electron chi connectivity index (χ4n) is 3.49. The van der Waals surface area contributed by atoms with Gasteiger partial charge in [0, 0.05) is 35.8 Å². The van der Waals surface area contributed by atoms with Crippen molar-refractivity contribution in [3.05, 3.63) is 72.0 Å². The topological polar surface area (TPSA) is 84.2 Å². The first-order valence-electron chi connectivity index (χ1n) is 8.92. The molecule has 1 amide bonds. The van der Waals surface area contributed by atoms with Crippen molar-refractivity contribution < 1.29 is 9.21 Å². The predicted octanol–water partition coefficient (Wildman–Crippen LogP) is 3.48. The summed E-state index contributed by atoms with van der Waals surface area (Å²) in [6, 6.07) is 9.58. The molecule has 0 atom stereocenters. The lowest BCUT2D eigenvalue weighted by atomic mass is 10.1. The Balaban J connectivity index is 1.42. The van der Waals surface area contributed by atoms with Gasteiger partial charge in [0.25, 0.3) is 5.91 Å². The average molecular weight is 371 g/mol. The molecule has 0 spiro atoms. The van der Waals surface area contributed by atoms with Gasteiger partial charge in [0.15, 0.2) is 12.2 Å². The molecule has 4 heterocycles. The third-order valence-electron chi connectivity index (χ3n) is 4.88. The van der Waals surface area contributed by atoms with Crippen LogP contribution >= 0.6 is 0 Å². The maximum atomic E-state index is 12.7. The molecule has 1 N–H and O–H groups in total. The summed E-state index contributed by atoms with van der Waals surface area (Å²) in [7, 11) is 2.07. The van der Waals surface area contributed by atoms with Gasteiger partial charge >= 0.3 is 0 Å². The number of oxazole rings is 1. The molecule has 7 nitrogen and oxygen atoms in total. The van der Waals surface area contributed by atoms with E-state index in [4.69, 9.17) is 4.42 Å². The first kappa shape index (κ1) is 16.6. The molecular weight excluding hydrogens is 354 g/mol. The van der Waals surface area contributed by atoms with E-state index in [1.54, 1.807) is 24.7 Å². The molecule has 1 aromatic carbocycles. The highest BCUT2D eigenvalue weighted by Crippen LogP contribution is 2.25. The third kappa shape index (κ3) is 3.01. The van der Waals surface area contributed by atoms with Gasteiger partial charge in [0.1, 0.15) is 5.82 Å². The monoisotopic (exact) mass is 371 g/mol. The van der Waals surface area contributed by atoms with Crippen LogP contribution in [0.15, 0.2) is 59.7 Å². The van der Waals surface area contributed by atoms with Crippen molar-refractivity contribution in [3.63, 3.8) is 0 Å². The maximum absolute atomic E-state index is 12.7. The van der Waals surface area contributed by atoms with Crippen LogP contribution < -0.4 is 5.32 Å². The Kier molecular flexibility index (Phi) is 3.87. The number of carbonyl (C=O) groups excluding carboxylic acids is 1. The molecular formula is C21H17N5O2. The number of anilines is 1. The standard InChI is InChI=1S/C21H17N5O2/c1-26-10-14-3-2-13(4-17(14)11-26)21(27)25-20-6-15-5-16(19-9-22-12-28-19)7-23-18(15)8-24-20/h2-9,12H,10-11H2,1H3,(H,24,25,27). The van der Waals surface area contributed by atoms with Crippen LogP contribution in [0, 0.1) is 0 Å². The Bertz CT molecular complexity index is 1190. The van der Waals surface area contributed by atoms with Crippen molar-refractivity contribution in [3.8, 4) is 11.3 Å². The summed E-state index contributed by atoms with van der Waals surface area (Å²) in [5.41, 5.74) is 4.65. The van der Waals surface area contributed by atoms with E-state index in [0.29, 0.717) is 17.1 Å². The number of nitrogens with zero attached hydrogens (tertiary/aromatic N) is 4. The van der Waals surface area contributed by atoms with Gasteiger partial charge in [-0.1, -0.05) is 6.07 Å². The smallest absolute Gasteiger partial charge is 0.256 e. The zero-order valence-corrected chi connectivity index (χ0v) is 15.2. The Morgan fingerprint density at radius 1 is 1.07 bits per heavy atom. The molecule has 138 valence electrons. The predicted molar refractivity (Wildman–Crippen MR) is 105 cm³/mol. The normalized spacial score (nSPS) is 13.6. The molecule has 1 aliphatic rings. The van der Waals surface area contributed by atoms with Crippen molar-refractivity contribution in [1.82, 2.24) is 19.9 Å². The minimum absolute atomic E-state index is 0.177. The van der Waals surface area contributed by atoms with E-state index in [1.165, 1.54) is 17.5 Å². The molecule has 5 rings (SSSR count). The molecule has 0 radical (unpaired) electrons. The molecule has 3 aromatic heterocycles. The highest BCUT2D eigenvalue weighted by molar-refractivity contribution is 6.04. The number of aromatic nitrogens is 3. The van der Waals surface area contributed by atoms with E-state index in [0.717, 1.165) is 29.6 Å². The molecule has 7 heteroatoms. The van der Waals surface area contributed by atoms with Crippen molar-refractivity contribution in [2.75, 3.05) is 12.4 Å². The Labute approximate surface area is 161 Å². The van der Waals surface area contributed by atoms with Gasteiger partial charge in [-0.05, 0) is 42.4 Å². The summed E-state index contributed by atoms with van der Waals surface area (Å²) < 4.78 is 5.33. The summed E-state index contributed by atoms with van der Waals surface area (Å²) in [6.45, 7) is 1.78. The van der Waals surface area contributed by atoms with Crippen molar-refractivity contribution in [2.45, 2.75) is 13.1 Å². The number of amides is 1. The fourth-order valence-corrected chi connectivity index (χ4v) is 3.49. The van der Waals surface area contributed by atoms with Crippen LogP contribution in [0.4, 0.5) is 5.82 Å². The molecule has 0 saturated carbocycles. The number of nitrogens with one attached hydrogen (secondary N) is 1. The maximum Gasteiger partial charge on any atom is 0.256 e. The highest BCUT2D eigenvalue weighted by Gasteiger charge is 2.17. The number of benzene rings is 1. The molecule has 0 aliphatic carbocycles. The number of fused-ring (bicyclic) bond motifs is 2. The molecule has 4 aromatic rings. The first-order chi connectivity index (χ1) is 13.7. The fraction of sp³-hybridized carbons (Fsp3) is 0.143. The molecule has 28 heavy (non-hydrogen) atoms. The largest absolute Gasteiger partial charge is 0.443 e. The van der Waals surface area contributed by atoms with Crippen LogP contribution in [0.5, 0.6) is 0 Å². The van der Waals surface area contributed by atoms with Crippen molar-refractivity contribution in [1.29, 1.82) is 0 Å². The van der Waals surface area contributed by atoms with Crippen LogP contribution in [0.1, 0.15) is 21.5 Å². The van der Waals surface area contributed by atoms with Gasteiger partial charge in [0.05, 0.1) is 17.9 Å². The second-order valence-electron chi connectivity index (χ2n) is 6.96. The summed E-state index contributed by atoms with van der Waals surface area (Å²) >= 11 is 0. The summed E-state index contributed by atoms with van der Waals surface area (Å²) in [5.74, 6) is 0.940. The van der Waals surface area contributed by atoms with Crippen LogP contribution in [0.3, 0.4) is 0 Å². The van der Waals surface area contributed by atoms with Crippen LogP contribution in [-0.4, -0.2) is 32.8 Å². The van der Waals surface area contributed by atoms with Crippen LogP contribution in [0.2, 0.25) is 0 Å². The Hall–Kier alpha value is -3.58. The summed E-state index contributed by atoms with van der Waals surface area (Å²) in [4.78, 5) is 27.5. The van der Waals surface area contributed by atoms with Crippen LogP contribution in [-0.2, 0) is 13.1 Å². The quantitative estimate of drug-likeness (QED) is 0.593. The average Bonchev–Trinajstić information content (AvgIpc) is 3.35. The molecule has 0 bridgehead atoms. The lowest BCUT2D eigenvalue weighted by molar-refractivity contribution is 0.102. The first-order valence-corrected chi connectivity index (χ1v) is 8.92. The zero-order valence-electron chi connectivity index (χ0n) is 15.2. The minimum Gasteiger partial charge on any atom is -0.443 e. The van der Waals surface area contributed by atoms with E-state index in [9.17, 15) is 4.79 Å². The van der Waals surface area contributed by atoms with Crippen molar-refractivity contribution >= 4 is 22.6 Å². The van der Waals surface area contributed by atoms with Gasteiger partial charge in [-0.15, -0.1) is 0 Å². The third-order valence-corrected chi connectivity index (χ3v) is 4.88.